The summed E-state index contributed by atoms with van der Waals surface area (Å²) in [5, 5.41) is 0.313. The molecule has 0 aliphatic heterocycles. The first-order valence-corrected chi connectivity index (χ1v) is 8.66. The van der Waals surface area contributed by atoms with Crippen LogP contribution in [-0.4, -0.2) is 21.6 Å². The lowest BCUT2D eigenvalue weighted by molar-refractivity contribution is 0.396. The molecule has 0 saturated carbocycles. The van der Waals surface area contributed by atoms with Crippen LogP contribution in [0.15, 0.2) is 17.0 Å². The number of nitrogens with one attached hydrogen (secondary N) is 1. The van der Waals surface area contributed by atoms with Gasteiger partial charge in [-0.3, -0.25) is 0 Å². The maximum atomic E-state index is 12.5. The zero-order valence-electron chi connectivity index (χ0n) is 12.8. The minimum atomic E-state index is -3.72. The summed E-state index contributed by atoms with van der Waals surface area (Å²) in [6, 6.07) is 2.81. The molecular weight excluding hydrogens is 312 g/mol. The van der Waals surface area contributed by atoms with Crippen LogP contribution in [0.4, 0.5) is 0 Å². The van der Waals surface area contributed by atoms with Crippen LogP contribution in [0.2, 0.25) is 5.02 Å². The first-order valence-electron chi connectivity index (χ1n) is 6.80. The number of hydrogen-bond acceptors (Lipinski definition) is 4. The molecule has 0 fully saturated rings. The third kappa shape index (κ3) is 4.85. The standard InChI is InChI=1S/C14H23ClN2O3S/c1-9(2)5-10(3)17-21(18,19)13-7-12(15)6-11(8-16)14(13)20-4/h6-7,9-10,17H,5,8,16H2,1-4H3. The molecule has 1 rings (SSSR count). The monoisotopic (exact) mass is 334 g/mol. The molecule has 0 amide bonds. The Hall–Kier alpha value is -0.820. The Kier molecular flexibility index (Phi) is 6.46. The summed E-state index contributed by atoms with van der Waals surface area (Å²) in [7, 11) is -2.30. The molecule has 1 aromatic carbocycles. The van der Waals surface area contributed by atoms with Crippen molar-refractivity contribution in [3.05, 3.63) is 22.7 Å². The Morgan fingerprint density at radius 2 is 1.95 bits per heavy atom. The van der Waals surface area contributed by atoms with E-state index in [4.69, 9.17) is 22.1 Å². The Morgan fingerprint density at radius 1 is 1.33 bits per heavy atom. The molecular formula is C14H23ClN2O3S. The Labute approximate surface area is 131 Å². The summed E-state index contributed by atoms with van der Waals surface area (Å²) in [5.74, 6) is 0.634. The van der Waals surface area contributed by atoms with Crippen molar-refractivity contribution in [2.45, 2.75) is 44.7 Å². The minimum absolute atomic E-state index is 0.0218. The van der Waals surface area contributed by atoms with Crippen molar-refractivity contribution in [3.8, 4) is 5.75 Å². The number of hydrogen-bond donors (Lipinski definition) is 2. The van der Waals surface area contributed by atoms with Crippen molar-refractivity contribution < 1.29 is 13.2 Å². The summed E-state index contributed by atoms with van der Waals surface area (Å²) >= 11 is 5.98. The summed E-state index contributed by atoms with van der Waals surface area (Å²) in [6.07, 6.45) is 0.742. The lowest BCUT2D eigenvalue weighted by Crippen LogP contribution is -2.33. The highest BCUT2D eigenvalue weighted by Crippen LogP contribution is 2.31. The Bertz CT molecular complexity index is 588. The highest BCUT2D eigenvalue weighted by Gasteiger charge is 2.24. The normalized spacial score (nSPS) is 13.5. The van der Waals surface area contributed by atoms with Crippen LogP contribution in [0, 0.1) is 5.92 Å². The highest BCUT2D eigenvalue weighted by atomic mass is 35.5. The SMILES string of the molecule is COc1c(CN)cc(Cl)cc1S(=O)(=O)NC(C)CC(C)C. The molecule has 21 heavy (non-hydrogen) atoms. The second kappa shape index (κ2) is 7.45. The van der Waals surface area contributed by atoms with E-state index in [0.717, 1.165) is 6.42 Å². The summed E-state index contributed by atoms with van der Waals surface area (Å²) in [6.45, 7) is 6.06. The average molecular weight is 335 g/mol. The minimum Gasteiger partial charge on any atom is -0.495 e. The number of halogens is 1. The van der Waals surface area contributed by atoms with Gasteiger partial charge in [0.15, 0.2) is 0 Å². The van der Waals surface area contributed by atoms with Gasteiger partial charge in [-0.15, -0.1) is 0 Å². The van der Waals surface area contributed by atoms with Crippen LogP contribution in [0.1, 0.15) is 32.8 Å². The zero-order valence-corrected chi connectivity index (χ0v) is 14.4. The number of methoxy groups -OCH3 is 1. The van der Waals surface area contributed by atoms with Gasteiger partial charge in [0.25, 0.3) is 0 Å². The lowest BCUT2D eigenvalue weighted by atomic mass is 10.1. The van der Waals surface area contributed by atoms with Gasteiger partial charge in [-0.25, -0.2) is 13.1 Å². The van der Waals surface area contributed by atoms with E-state index in [2.05, 4.69) is 4.72 Å². The van der Waals surface area contributed by atoms with Gasteiger partial charge in [0.2, 0.25) is 10.0 Å². The van der Waals surface area contributed by atoms with Crippen molar-refractivity contribution >= 4 is 21.6 Å². The van der Waals surface area contributed by atoms with Gasteiger partial charge in [0, 0.05) is 23.2 Å². The summed E-state index contributed by atoms with van der Waals surface area (Å²) < 4.78 is 32.9. The molecule has 1 atom stereocenters. The van der Waals surface area contributed by atoms with Gasteiger partial charge in [-0.1, -0.05) is 25.4 Å². The number of sulfonamides is 1. The van der Waals surface area contributed by atoms with E-state index in [1.165, 1.54) is 13.2 Å². The fourth-order valence-corrected chi connectivity index (χ4v) is 4.09. The van der Waals surface area contributed by atoms with E-state index in [0.29, 0.717) is 16.5 Å². The first kappa shape index (κ1) is 18.2. The maximum Gasteiger partial charge on any atom is 0.244 e. The van der Waals surface area contributed by atoms with Gasteiger partial charge < -0.3 is 10.5 Å². The molecule has 7 heteroatoms. The average Bonchev–Trinajstić information content (AvgIpc) is 2.35. The van der Waals surface area contributed by atoms with Crippen molar-refractivity contribution in [1.29, 1.82) is 0 Å². The van der Waals surface area contributed by atoms with Gasteiger partial charge in [-0.05, 0) is 31.4 Å². The molecule has 1 unspecified atom stereocenters. The topological polar surface area (TPSA) is 81.4 Å². The van der Waals surface area contributed by atoms with Crippen molar-refractivity contribution in [2.75, 3.05) is 7.11 Å². The quantitative estimate of drug-likeness (QED) is 0.802. The summed E-state index contributed by atoms with van der Waals surface area (Å²) in [5.41, 5.74) is 6.18. The number of ether oxygens (including phenoxy) is 1. The van der Waals surface area contributed by atoms with Crippen molar-refractivity contribution in [2.24, 2.45) is 11.7 Å². The smallest absolute Gasteiger partial charge is 0.244 e. The van der Waals surface area contributed by atoms with Crippen LogP contribution in [0.5, 0.6) is 5.75 Å². The molecule has 1 aromatic rings. The number of nitrogens with two attached hydrogens (primary N) is 1. The molecule has 120 valence electrons. The fraction of sp³-hybridized carbons (Fsp3) is 0.571. The molecule has 0 aliphatic rings. The first-order chi connectivity index (χ1) is 9.71. The molecule has 3 N–H and O–H groups in total. The van der Waals surface area contributed by atoms with Crippen molar-refractivity contribution in [3.63, 3.8) is 0 Å². The maximum absolute atomic E-state index is 12.5. The van der Waals surface area contributed by atoms with E-state index < -0.39 is 10.0 Å². The third-order valence-corrected chi connectivity index (χ3v) is 4.80. The molecule has 0 aliphatic carbocycles. The predicted octanol–water partition coefficient (Wildman–Crippen LogP) is 2.52. The largest absolute Gasteiger partial charge is 0.495 e. The molecule has 0 spiro atoms. The van der Waals surface area contributed by atoms with Crippen LogP contribution >= 0.6 is 11.6 Å². The van der Waals surface area contributed by atoms with E-state index in [-0.39, 0.29) is 23.2 Å². The Balaban J connectivity index is 3.21. The molecule has 0 saturated heterocycles. The molecule has 0 heterocycles. The number of rotatable bonds is 7. The van der Waals surface area contributed by atoms with E-state index >= 15 is 0 Å². The second-order valence-electron chi connectivity index (χ2n) is 5.45. The van der Waals surface area contributed by atoms with Gasteiger partial charge >= 0.3 is 0 Å². The zero-order chi connectivity index (χ0) is 16.2. The number of benzene rings is 1. The highest BCUT2D eigenvalue weighted by molar-refractivity contribution is 7.89. The van der Waals surface area contributed by atoms with E-state index in [1.54, 1.807) is 6.07 Å². The predicted molar refractivity (Wildman–Crippen MR) is 85.1 cm³/mol. The van der Waals surface area contributed by atoms with Gasteiger partial charge in [-0.2, -0.15) is 0 Å². The van der Waals surface area contributed by atoms with Crippen molar-refractivity contribution in [1.82, 2.24) is 4.72 Å². The molecule has 0 aromatic heterocycles. The summed E-state index contributed by atoms with van der Waals surface area (Å²) in [4.78, 5) is 0.0218. The van der Waals surface area contributed by atoms with Crippen LogP contribution < -0.4 is 15.2 Å². The molecule has 5 nitrogen and oxygen atoms in total. The fourth-order valence-electron chi connectivity index (χ4n) is 2.29. The second-order valence-corrected chi connectivity index (χ2v) is 7.57. The third-order valence-electron chi connectivity index (χ3n) is 2.99. The van der Waals surface area contributed by atoms with Crippen LogP contribution in [0.25, 0.3) is 0 Å². The lowest BCUT2D eigenvalue weighted by Gasteiger charge is -2.19. The van der Waals surface area contributed by atoms with E-state index in [1.807, 2.05) is 20.8 Å². The molecule has 0 bridgehead atoms. The van der Waals surface area contributed by atoms with Crippen LogP contribution in [-0.2, 0) is 16.6 Å². The van der Waals surface area contributed by atoms with Gasteiger partial charge in [0.1, 0.15) is 10.6 Å². The van der Waals surface area contributed by atoms with Crippen LogP contribution in [0.3, 0.4) is 0 Å². The Morgan fingerprint density at radius 3 is 2.43 bits per heavy atom. The van der Waals surface area contributed by atoms with Gasteiger partial charge in [0.05, 0.1) is 7.11 Å². The van der Waals surface area contributed by atoms with E-state index in [9.17, 15) is 8.42 Å². The molecule has 0 radical (unpaired) electrons.